The Morgan fingerprint density at radius 2 is 1.84 bits per heavy atom. The van der Waals surface area contributed by atoms with Crippen molar-refractivity contribution in [1.29, 1.82) is 0 Å². The number of aliphatic hydroxyl groups is 1. The van der Waals surface area contributed by atoms with Crippen molar-refractivity contribution >= 4 is 16.1 Å². The number of aromatic nitrogens is 1. The van der Waals surface area contributed by atoms with Crippen molar-refractivity contribution in [1.82, 2.24) is 4.98 Å². The number of hydrogen-bond acceptors (Lipinski definition) is 6. The van der Waals surface area contributed by atoms with Crippen LogP contribution in [0.15, 0.2) is 66.9 Å². The fourth-order valence-corrected chi connectivity index (χ4v) is 4.66. The maximum Gasteiger partial charge on any atom is 0.335 e. The fraction of sp³-hybridized carbons (Fsp3) is 0.250. The number of benzene rings is 2. The number of nitrogens with zero attached hydrogens (tertiary/aromatic N) is 1. The van der Waals surface area contributed by atoms with E-state index in [1.165, 1.54) is 12.1 Å². The van der Waals surface area contributed by atoms with E-state index in [9.17, 15) is 23.4 Å². The molecule has 1 heterocycles. The Morgan fingerprint density at radius 3 is 2.53 bits per heavy atom. The highest BCUT2D eigenvalue weighted by Gasteiger charge is 2.31. The Bertz CT molecular complexity index is 1220. The number of pyridine rings is 1. The predicted octanol–water partition coefficient (Wildman–Crippen LogP) is 3.79. The van der Waals surface area contributed by atoms with Gasteiger partial charge in [-0.2, -0.15) is 8.42 Å². The monoisotopic (exact) mass is 453 g/mol. The van der Waals surface area contributed by atoms with Crippen LogP contribution in [0.25, 0.3) is 0 Å². The van der Waals surface area contributed by atoms with Gasteiger partial charge in [-0.1, -0.05) is 42.5 Å². The van der Waals surface area contributed by atoms with E-state index in [4.69, 9.17) is 4.18 Å². The molecule has 1 aliphatic carbocycles. The summed E-state index contributed by atoms with van der Waals surface area (Å²) in [5.74, 6) is -1.11. The third-order valence-corrected chi connectivity index (χ3v) is 6.57. The molecule has 32 heavy (non-hydrogen) atoms. The number of carboxylic acids is 1. The molecule has 1 saturated carbocycles. The standard InChI is InChI=1S/C24H23NO6S/c26-23(18-7-4-8-19(13-18)24(27)28)22-20(17-9-10-17)11-12-25-21(22)14-31-32(29,30)15-16-5-2-1-3-6-16/h1-8,11-13,17,23,26H,9-10,14-15H2,(H,27,28). The van der Waals surface area contributed by atoms with Crippen LogP contribution in [-0.2, 0) is 26.7 Å². The highest BCUT2D eigenvalue weighted by atomic mass is 32.2. The molecule has 0 saturated heterocycles. The van der Waals surface area contributed by atoms with Gasteiger partial charge in [-0.05, 0) is 53.6 Å². The minimum absolute atomic E-state index is 0.0571. The van der Waals surface area contributed by atoms with E-state index < -0.39 is 22.2 Å². The second-order valence-corrected chi connectivity index (χ2v) is 9.46. The first-order valence-corrected chi connectivity index (χ1v) is 11.8. The lowest BCUT2D eigenvalue weighted by atomic mass is 9.92. The molecule has 1 atom stereocenters. The van der Waals surface area contributed by atoms with Crippen molar-refractivity contribution in [3.63, 3.8) is 0 Å². The quantitative estimate of drug-likeness (QED) is 0.474. The van der Waals surface area contributed by atoms with Crippen LogP contribution in [0, 0.1) is 0 Å². The van der Waals surface area contributed by atoms with Crippen LogP contribution in [0.3, 0.4) is 0 Å². The molecule has 2 N–H and O–H groups in total. The van der Waals surface area contributed by atoms with Crippen LogP contribution in [0.1, 0.15) is 63.2 Å². The average molecular weight is 454 g/mol. The van der Waals surface area contributed by atoms with E-state index >= 15 is 0 Å². The first-order valence-electron chi connectivity index (χ1n) is 10.2. The van der Waals surface area contributed by atoms with Gasteiger partial charge in [0.2, 0.25) is 0 Å². The summed E-state index contributed by atoms with van der Waals surface area (Å²) in [4.78, 5) is 15.6. The molecule has 1 aliphatic rings. The Morgan fingerprint density at radius 1 is 1.09 bits per heavy atom. The second kappa shape index (κ2) is 9.20. The molecule has 1 fully saturated rings. The lowest BCUT2D eigenvalue weighted by molar-refractivity contribution is 0.0696. The van der Waals surface area contributed by atoms with Crippen LogP contribution in [-0.4, -0.2) is 29.6 Å². The highest BCUT2D eigenvalue weighted by Crippen LogP contribution is 2.44. The Hall–Kier alpha value is -3.07. The van der Waals surface area contributed by atoms with Gasteiger partial charge in [-0.15, -0.1) is 0 Å². The highest BCUT2D eigenvalue weighted by molar-refractivity contribution is 7.85. The van der Waals surface area contributed by atoms with Crippen LogP contribution in [0.2, 0.25) is 0 Å². The number of carboxylic acid groups (broad SMARTS) is 1. The molecule has 0 aliphatic heterocycles. The summed E-state index contributed by atoms with van der Waals surface area (Å²) in [6.45, 7) is -0.319. The number of rotatable bonds is 9. The first-order chi connectivity index (χ1) is 15.3. The largest absolute Gasteiger partial charge is 0.478 e. The molecule has 3 aromatic rings. The lowest BCUT2D eigenvalue weighted by Crippen LogP contribution is -2.14. The van der Waals surface area contributed by atoms with Gasteiger partial charge in [0, 0.05) is 11.8 Å². The average Bonchev–Trinajstić information content (AvgIpc) is 3.63. The van der Waals surface area contributed by atoms with Crippen molar-refractivity contribution in [2.75, 3.05) is 0 Å². The van der Waals surface area contributed by atoms with E-state index in [0.717, 1.165) is 18.4 Å². The summed E-state index contributed by atoms with van der Waals surface area (Å²) in [6.07, 6.45) is 2.35. The van der Waals surface area contributed by atoms with Crippen molar-refractivity contribution < 1.29 is 27.6 Å². The molecule has 1 unspecified atom stereocenters. The second-order valence-electron chi connectivity index (χ2n) is 7.82. The van der Waals surface area contributed by atoms with E-state index in [0.29, 0.717) is 22.4 Å². The summed E-state index contributed by atoms with van der Waals surface area (Å²) in [5, 5.41) is 20.4. The molecule has 2 aromatic carbocycles. The van der Waals surface area contributed by atoms with Crippen LogP contribution >= 0.6 is 0 Å². The zero-order valence-electron chi connectivity index (χ0n) is 17.2. The Kier molecular flexibility index (Phi) is 6.36. The van der Waals surface area contributed by atoms with E-state index in [1.54, 1.807) is 48.7 Å². The summed E-state index contributed by atoms with van der Waals surface area (Å²) in [6, 6.07) is 16.6. The maximum atomic E-state index is 12.5. The smallest absolute Gasteiger partial charge is 0.335 e. The zero-order valence-corrected chi connectivity index (χ0v) is 18.0. The molecular formula is C24H23NO6S. The number of aliphatic hydroxyl groups excluding tert-OH is 1. The Balaban J connectivity index is 1.63. The van der Waals surface area contributed by atoms with Crippen LogP contribution in [0.4, 0.5) is 0 Å². The van der Waals surface area contributed by atoms with Gasteiger partial charge in [0.25, 0.3) is 10.1 Å². The molecule has 1 aromatic heterocycles. The van der Waals surface area contributed by atoms with Gasteiger partial charge in [0.1, 0.15) is 18.5 Å². The zero-order chi connectivity index (χ0) is 22.7. The molecule has 0 amide bonds. The minimum Gasteiger partial charge on any atom is -0.478 e. The molecule has 7 nitrogen and oxygen atoms in total. The van der Waals surface area contributed by atoms with Gasteiger partial charge < -0.3 is 10.2 Å². The van der Waals surface area contributed by atoms with Crippen LogP contribution < -0.4 is 0 Å². The summed E-state index contributed by atoms with van der Waals surface area (Å²) in [5.41, 5.74) is 2.74. The fourth-order valence-electron chi connectivity index (χ4n) is 3.69. The third kappa shape index (κ3) is 5.21. The number of aromatic carboxylic acids is 1. The first kappa shape index (κ1) is 22.1. The molecule has 0 spiro atoms. The lowest BCUT2D eigenvalue weighted by Gasteiger charge is -2.20. The van der Waals surface area contributed by atoms with Crippen LogP contribution in [0.5, 0.6) is 0 Å². The minimum atomic E-state index is -3.87. The third-order valence-electron chi connectivity index (χ3n) is 5.41. The van der Waals surface area contributed by atoms with E-state index in [-0.39, 0.29) is 23.8 Å². The topological polar surface area (TPSA) is 114 Å². The van der Waals surface area contributed by atoms with Gasteiger partial charge in [-0.25, -0.2) is 4.79 Å². The molecule has 166 valence electrons. The van der Waals surface area contributed by atoms with Gasteiger partial charge in [-0.3, -0.25) is 9.17 Å². The normalized spacial score (nSPS) is 14.8. The van der Waals surface area contributed by atoms with Crippen molar-refractivity contribution in [3.8, 4) is 0 Å². The maximum absolute atomic E-state index is 12.5. The van der Waals surface area contributed by atoms with Crippen molar-refractivity contribution in [2.24, 2.45) is 0 Å². The Labute approximate surface area is 186 Å². The van der Waals surface area contributed by atoms with Gasteiger partial charge in [0.15, 0.2) is 0 Å². The predicted molar refractivity (Wildman–Crippen MR) is 118 cm³/mol. The SMILES string of the molecule is O=C(O)c1cccc(C(O)c2c(C3CC3)ccnc2COS(=O)(=O)Cc2ccccc2)c1. The van der Waals surface area contributed by atoms with Gasteiger partial charge in [0.05, 0.1) is 11.3 Å². The van der Waals surface area contributed by atoms with E-state index in [1.807, 2.05) is 6.07 Å². The van der Waals surface area contributed by atoms with E-state index in [2.05, 4.69) is 4.98 Å². The number of hydrogen-bond donors (Lipinski definition) is 2. The molecular weight excluding hydrogens is 430 g/mol. The van der Waals surface area contributed by atoms with Gasteiger partial charge >= 0.3 is 5.97 Å². The summed E-state index contributed by atoms with van der Waals surface area (Å²) < 4.78 is 30.3. The number of carbonyl (C=O) groups is 1. The van der Waals surface area contributed by atoms with Crippen molar-refractivity contribution in [2.45, 2.75) is 37.2 Å². The molecule has 0 bridgehead atoms. The molecule has 4 rings (SSSR count). The summed E-state index contributed by atoms with van der Waals surface area (Å²) in [7, 11) is -3.87. The molecule has 0 radical (unpaired) electrons. The summed E-state index contributed by atoms with van der Waals surface area (Å²) >= 11 is 0. The molecule has 8 heteroatoms. The van der Waals surface area contributed by atoms with Crippen molar-refractivity contribution in [3.05, 3.63) is 100 Å².